The van der Waals surface area contributed by atoms with Crippen LogP contribution in [0.1, 0.15) is 43.3 Å². The minimum atomic E-state index is 0.760. The van der Waals surface area contributed by atoms with Crippen LogP contribution >= 0.6 is 11.3 Å². The van der Waals surface area contributed by atoms with Crippen molar-refractivity contribution in [3.05, 3.63) is 16.1 Å². The van der Waals surface area contributed by atoms with Gasteiger partial charge in [0.15, 0.2) is 0 Å². The van der Waals surface area contributed by atoms with Crippen LogP contribution in [0.15, 0.2) is 5.38 Å². The van der Waals surface area contributed by atoms with Crippen molar-refractivity contribution in [2.45, 2.75) is 51.7 Å². The average Bonchev–Trinajstić information content (AvgIpc) is 2.78. The van der Waals surface area contributed by atoms with Gasteiger partial charge in [0.05, 0.1) is 5.69 Å². The van der Waals surface area contributed by atoms with Crippen LogP contribution in [0.25, 0.3) is 0 Å². The van der Waals surface area contributed by atoms with Gasteiger partial charge in [-0.3, -0.25) is 4.90 Å². The van der Waals surface area contributed by atoms with Crippen molar-refractivity contribution in [1.29, 1.82) is 0 Å². The van der Waals surface area contributed by atoms with Gasteiger partial charge in [-0.15, -0.1) is 11.3 Å². The van der Waals surface area contributed by atoms with Crippen LogP contribution in [0.3, 0.4) is 0 Å². The van der Waals surface area contributed by atoms with Crippen LogP contribution in [-0.4, -0.2) is 30.0 Å². The first-order valence-electron chi connectivity index (χ1n) is 6.97. The third kappa shape index (κ3) is 3.77. The third-order valence-electron chi connectivity index (χ3n) is 3.95. The van der Waals surface area contributed by atoms with E-state index in [1.54, 1.807) is 11.3 Å². The molecule has 1 aliphatic rings. The van der Waals surface area contributed by atoms with E-state index in [4.69, 9.17) is 0 Å². The van der Waals surface area contributed by atoms with E-state index in [0.717, 1.165) is 25.0 Å². The van der Waals surface area contributed by atoms with Crippen molar-refractivity contribution in [3.63, 3.8) is 0 Å². The van der Waals surface area contributed by atoms with Crippen LogP contribution in [-0.2, 0) is 13.1 Å². The largest absolute Gasteiger partial charge is 0.314 e. The Morgan fingerprint density at radius 1 is 1.39 bits per heavy atom. The van der Waals surface area contributed by atoms with E-state index in [1.165, 1.54) is 36.4 Å². The fraction of sp³-hybridized carbons (Fsp3) is 0.786. The number of nitrogens with one attached hydrogen (secondary N) is 1. The van der Waals surface area contributed by atoms with Crippen molar-refractivity contribution in [1.82, 2.24) is 15.2 Å². The number of nitrogens with zero attached hydrogens (tertiary/aromatic N) is 2. The Morgan fingerprint density at radius 3 is 2.78 bits per heavy atom. The normalized spacial score (nSPS) is 24.7. The minimum Gasteiger partial charge on any atom is -0.314 e. The van der Waals surface area contributed by atoms with Crippen molar-refractivity contribution in [3.8, 4) is 0 Å². The molecule has 4 heteroatoms. The van der Waals surface area contributed by atoms with Gasteiger partial charge in [-0.05, 0) is 45.7 Å². The van der Waals surface area contributed by atoms with Crippen molar-refractivity contribution in [2.24, 2.45) is 5.92 Å². The number of thiazole rings is 1. The van der Waals surface area contributed by atoms with Gasteiger partial charge in [0.25, 0.3) is 0 Å². The van der Waals surface area contributed by atoms with Crippen LogP contribution in [0.2, 0.25) is 0 Å². The summed E-state index contributed by atoms with van der Waals surface area (Å²) in [6.45, 7) is 4.26. The zero-order chi connectivity index (χ0) is 13.0. The second-order valence-corrected chi connectivity index (χ2v) is 6.53. The lowest BCUT2D eigenvalue weighted by molar-refractivity contribution is 0.162. The van der Waals surface area contributed by atoms with Crippen LogP contribution in [0.5, 0.6) is 0 Å². The first-order valence-corrected chi connectivity index (χ1v) is 7.85. The zero-order valence-corrected chi connectivity index (χ0v) is 12.6. The molecule has 0 unspecified atom stereocenters. The first kappa shape index (κ1) is 14.0. The van der Waals surface area contributed by atoms with Gasteiger partial charge in [0, 0.05) is 24.5 Å². The molecule has 0 amide bonds. The van der Waals surface area contributed by atoms with Gasteiger partial charge in [-0.2, -0.15) is 0 Å². The van der Waals surface area contributed by atoms with Gasteiger partial charge in [-0.25, -0.2) is 4.98 Å². The molecule has 0 atom stereocenters. The summed E-state index contributed by atoms with van der Waals surface area (Å²) in [6, 6.07) is 0.760. The number of hydrogen-bond donors (Lipinski definition) is 1. The van der Waals surface area contributed by atoms with Gasteiger partial charge in [-0.1, -0.05) is 6.92 Å². The first-order chi connectivity index (χ1) is 8.69. The van der Waals surface area contributed by atoms with E-state index in [2.05, 4.69) is 34.6 Å². The predicted molar refractivity (Wildman–Crippen MR) is 77.8 cm³/mol. The number of hydrogen-bond acceptors (Lipinski definition) is 4. The third-order valence-corrected chi connectivity index (χ3v) is 4.85. The van der Waals surface area contributed by atoms with Gasteiger partial charge >= 0.3 is 0 Å². The summed E-state index contributed by atoms with van der Waals surface area (Å²) >= 11 is 1.76. The highest BCUT2D eigenvalue weighted by Crippen LogP contribution is 2.27. The predicted octanol–water partition coefficient (Wildman–Crippen LogP) is 2.87. The Balaban J connectivity index is 1.84. The van der Waals surface area contributed by atoms with Crippen LogP contribution in [0, 0.1) is 5.92 Å². The zero-order valence-electron chi connectivity index (χ0n) is 11.8. The lowest BCUT2D eigenvalue weighted by atomic mass is 9.87. The van der Waals surface area contributed by atoms with Gasteiger partial charge in [0.2, 0.25) is 0 Å². The Bertz CT molecular complexity index is 356. The highest BCUT2D eigenvalue weighted by Gasteiger charge is 2.22. The summed E-state index contributed by atoms with van der Waals surface area (Å²) in [5.74, 6) is 0.927. The number of aromatic nitrogens is 1. The molecule has 1 aromatic heterocycles. The molecule has 0 aromatic carbocycles. The van der Waals surface area contributed by atoms with Crippen LogP contribution < -0.4 is 5.32 Å². The molecule has 1 saturated carbocycles. The molecule has 3 nitrogen and oxygen atoms in total. The second-order valence-electron chi connectivity index (χ2n) is 5.59. The molecule has 0 bridgehead atoms. The van der Waals surface area contributed by atoms with Crippen molar-refractivity contribution in [2.75, 3.05) is 14.1 Å². The summed E-state index contributed by atoms with van der Waals surface area (Å²) < 4.78 is 0. The molecule has 0 radical (unpaired) electrons. The maximum atomic E-state index is 4.66. The van der Waals surface area contributed by atoms with E-state index in [1.807, 2.05) is 7.05 Å². The highest BCUT2D eigenvalue weighted by atomic mass is 32.1. The van der Waals surface area contributed by atoms with Gasteiger partial charge < -0.3 is 5.32 Å². The maximum absolute atomic E-state index is 4.66. The Hall–Kier alpha value is -0.450. The molecule has 0 aliphatic heterocycles. The van der Waals surface area contributed by atoms with E-state index in [-0.39, 0.29) is 0 Å². The molecule has 0 spiro atoms. The molecule has 2 rings (SSSR count). The molecule has 0 saturated heterocycles. The average molecular weight is 267 g/mol. The summed E-state index contributed by atoms with van der Waals surface area (Å²) in [6.07, 6.45) is 5.48. The highest BCUT2D eigenvalue weighted by molar-refractivity contribution is 7.09. The molecular formula is C14H25N3S. The lowest BCUT2D eigenvalue weighted by Crippen LogP contribution is -2.34. The SMILES string of the molecule is CNCc1nc(CN(C)C2CCC(C)CC2)cs1. The summed E-state index contributed by atoms with van der Waals surface area (Å²) in [4.78, 5) is 7.15. The fourth-order valence-electron chi connectivity index (χ4n) is 2.72. The quantitative estimate of drug-likeness (QED) is 0.889. The van der Waals surface area contributed by atoms with E-state index in [0.29, 0.717) is 0 Å². The summed E-state index contributed by atoms with van der Waals surface area (Å²) in [7, 11) is 4.22. The smallest absolute Gasteiger partial charge is 0.107 e. The van der Waals surface area contributed by atoms with Crippen molar-refractivity contribution < 1.29 is 0 Å². The maximum Gasteiger partial charge on any atom is 0.107 e. The van der Waals surface area contributed by atoms with E-state index in [9.17, 15) is 0 Å². The molecule has 1 aliphatic carbocycles. The van der Waals surface area contributed by atoms with Gasteiger partial charge in [0.1, 0.15) is 5.01 Å². The standard InChI is InChI=1S/C14H25N3S/c1-11-4-6-13(7-5-11)17(3)9-12-10-18-14(16-12)8-15-2/h10-11,13,15H,4-9H2,1-3H3. The van der Waals surface area contributed by atoms with Crippen LogP contribution in [0.4, 0.5) is 0 Å². The Morgan fingerprint density at radius 2 is 2.11 bits per heavy atom. The molecule has 18 heavy (non-hydrogen) atoms. The Labute approximate surface area is 115 Å². The second kappa shape index (κ2) is 6.64. The van der Waals surface area contributed by atoms with Crippen molar-refractivity contribution >= 4 is 11.3 Å². The molecule has 102 valence electrons. The van der Waals surface area contributed by atoms with E-state index >= 15 is 0 Å². The summed E-state index contributed by atoms with van der Waals surface area (Å²) in [5, 5.41) is 6.55. The van der Waals surface area contributed by atoms with E-state index < -0.39 is 0 Å². The monoisotopic (exact) mass is 267 g/mol. The molecular weight excluding hydrogens is 242 g/mol. The number of rotatable bonds is 5. The topological polar surface area (TPSA) is 28.2 Å². The molecule has 1 N–H and O–H groups in total. The molecule has 1 fully saturated rings. The summed E-state index contributed by atoms with van der Waals surface area (Å²) in [5.41, 5.74) is 1.23. The lowest BCUT2D eigenvalue weighted by Gasteiger charge is -2.33. The fourth-order valence-corrected chi connectivity index (χ4v) is 3.52. The minimum absolute atomic E-state index is 0.760. The molecule has 1 aromatic rings. The molecule has 1 heterocycles. The Kier molecular flexibility index (Phi) is 5.15.